The summed E-state index contributed by atoms with van der Waals surface area (Å²) < 4.78 is 0. The Kier molecular flexibility index (Phi) is 3.55. The van der Waals surface area contributed by atoms with Gasteiger partial charge in [0.15, 0.2) is 0 Å². The van der Waals surface area contributed by atoms with Crippen LogP contribution in [0.1, 0.15) is 48.8 Å². The van der Waals surface area contributed by atoms with Crippen molar-refractivity contribution >= 4 is 5.91 Å². The van der Waals surface area contributed by atoms with Gasteiger partial charge in [-0.1, -0.05) is 6.92 Å². The predicted octanol–water partition coefficient (Wildman–Crippen LogP) is 1.64. The Morgan fingerprint density at radius 3 is 2.89 bits per heavy atom. The minimum atomic E-state index is -0.285. The molecule has 1 aromatic rings. The standard InChI is InChI=1S/C14H20N2O2/c1-8(2)15-13(17)11-7-10-6-9(3)4-5-12(10)16-14(11)18/h7-9H,4-6H2,1-3H3,(H,15,17)(H,16,18). The number of hydrogen-bond donors (Lipinski definition) is 2. The molecule has 18 heavy (non-hydrogen) atoms. The van der Waals surface area contributed by atoms with Crippen molar-refractivity contribution < 1.29 is 4.79 Å². The zero-order valence-electron chi connectivity index (χ0n) is 11.2. The van der Waals surface area contributed by atoms with E-state index >= 15 is 0 Å². The molecule has 0 saturated carbocycles. The highest BCUT2D eigenvalue weighted by molar-refractivity contribution is 5.94. The number of fused-ring (bicyclic) bond motifs is 1. The van der Waals surface area contributed by atoms with Crippen molar-refractivity contribution in [2.45, 2.75) is 46.1 Å². The van der Waals surface area contributed by atoms with Crippen molar-refractivity contribution in [3.05, 3.63) is 33.2 Å². The molecule has 2 N–H and O–H groups in total. The fraction of sp³-hybridized carbons (Fsp3) is 0.571. The van der Waals surface area contributed by atoms with Gasteiger partial charge in [-0.25, -0.2) is 0 Å². The molecule has 4 heteroatoms. The molecule has 1 amide bonds. The van der Waals surface area contributed by atoms with Crippen molar-refractivity contribution in [2.24, 2.45) is 5.92 Å². The van der Waals surface area contributed by atoms with E-state index in [-0.39, 0.29) is 23.1 Å². The normalized spacial score (nSPS) is 18.6. The molecule has 1 aliphatic rings. The first kappa shape index (κ1) is 12.9. The van der Waals surface area contributed by atoms with Crippen LogP contribution in [0.3, 0.4) is 0 Å². The van der Waals surface area contributed by atoms with Crippen LogP contribution in [0.5, 0.6) is 0 Å². The fourth-order valence-electron chi connectivity index (χ4n) is 2.39. The van der Waals surface area contributed by atoms with Gasteiger partial charge in [-0.05, 0) is 50.7 Å². The summed E-state index contributed by atoms with van der Waals surface area (Å²) in [7, 11) is 0. The maximum absolute atomic E-state index is 11.9. The number of carbonyl (C=O) groups excluding carboxylic acids is 1. The van der Waals surface area contributed by atoms with E-state index < -0.39 is 0 Å². The van der Waals surface area contributed by atoms with Gasteiger partial charge in [-0.15, -0.1) is 0 Å². The minimum Gasteiger partial charge on any atom is -0.350 e. The summed E-state index contributed by atoms with van der Waals surface area (Å²) >= 11 is 0. The molecule has 0 aromatic carbocycles. The molecule has 1 unspecified atom stereocenters. The average Bonchev–Trinajstić information content (AvgIpc) is 2.27. The van der Waals surface area contributed by atoms with E-state index in [9.17, 15) is 9.59 Å². The molecule has 0 bridgehead atoms. The molecule has 0 fully saturated rings. The molecule has 1 heterocycles. The summed E-state index contributed by atoms with van der Waals surface area (Å²) in [4.78, 5) is 26.6. The Balaban J connectivity index is 2.35. The second-order valence-electron chi connectivity index (χ2n) is 5.49. The number of aromatic amines is 1. The molecular weight excluding hydrogens is 228 g/mol. The Labute approximate surface area is 107 Å². The Morgan fingerprint density at radius 2 is 2.22 bits per heavy atom. The molecule has 98 valence electrons. The lowest BCUT2D eigenvalue weighted by Crippen LogP contribution is -2.35. The van der Waals surface area contributed by atoms with Gasteiger partial charge < -0.3 is 10.3 Å². The highest BCUT2D eigenvalue weighted by Gasteiger charge is 2.20. The molecular formula is C14H20N2O2. The largest absolute Gasteiger partial charge is 0.350 e. The lowest BCUT2D eigenvalue weighted by Gasteiger charge is -2.21. The predicted molar refractivity (Wildman–Crippen MR) is 70.9 cm³/mol. The smallest absolute Gasteiger partial charge is 0.261 e. The molecule has 4 nitrogen and oxygen atoms in total. The third-order valence-electron chi connectivity index (χ3n) is 3.34. The van der Waals surface area contributed by atoms with E-state index in [1.165, 1.54) is 0 Å². The van der Waals surface area contributed by atoms with Crippen molar-refractivity contribution in [1.29, 1.82) is 0 Å². The minimum absolute atomic E-state index is 0.0341. The van der Waals surface area contributed by atoms with Crippen LogP contribution < -0.4 is 10.9 Å². The number of aryl methyl sites for hydroxylation is 1. The summed E-state index contributed by atoms with van der Waals surface area (Å²) in [6, 6.07) is 1.80. The van der Waals surface area contributed by atoms with E-state index in [0.29, 0.717) is 5.92 Å². The van der Waals surface area contributed by atoms with Crippen LogP contribution in [-0.4, -0.2) is 16.9 Å². The average molecular weight is 248 g/mol. The first-order valence-electron chi connectivity index (χ1n) is 6.53. The monoisotopic (exact) mass is 248 g/mol. The number of aromatic nitrogens is 1. The zero-order chi connectivity index (χ0) is 13.3. The topological polar surface area (TPSA) is 62.0 Å². The third-order valence-corrected chi connectivity index (χ3v) is 3.34. The summed E-state index contributed by atoms with van der Waals surface area (Å²) in [5.74, 6) is 0.330. The summed E-state index contributed by atoms with van der Waals surface area (Å²) in [5.41, 5.74) is 2.07. The maximum atomic E-state index is 11.9. The summed E-state index contributed by atoms with van der Waals surface area (Å²) in [5, 5.41) is 2.76. The van der Waals surface area contributed by atoms with Gasteiger partial charge in [0.1, 0.15) is 5.56 Å². The first-order chi connectivity index (χ1) is 8.47. The SMILES string of the molecule is CC1CCc2[nH]c(=O)c(C(=O)NC(C)C)cc2C1. The van der Waals surface area contributed by atoms with E-state index in [0.717, 1.165) is 30.5 Å². The van der Waals surface area contributed by atoms with Gasteiger partial charge in [0.25, 0.3) is 11.5 Å². The summed E-state index contributed by atoms with van der Waals surface area (Å²) in [6.07, 6.45) is 2.94. The zero-order valence-corrected chi connectivity index (χ0v) is 11.2. The van der Waals surface area contributed by atoms with Crippen molar-refractivity contribution in [1.82, 2.24) is 10.3 Å². The third kappa shape index (κ3) is 2.63. The quantitative estimate of drug-likeness (QED) is 0.835. The maximum Gasteiger partial charge on any atom is 0.261 e. The van der Waals surface area contributed by atoms with Crippen molar-refractivity contribution in [3.8, 4) is 0 Å². The first-order valence-corrected chi connectivity index (χ1v) is 6.53. The summed E-state index contributed by atoms with van der Waals surface area (Å²) in [6.45, 7) is 5.96. The number of rotatable bonds is 2. The van der Waals surface area contributed by atoms with Crippen LogP contribution in [-0.2, 0) is 12.8 Å². The van der Waals surface area contributed by atoms with Gasteiger partial charge in [-0.3, -0.25) is 9.59 Å². The molecule has 0 spiro atoms. The highest BCUT2D eigenvalue weighted by atomic mass is 16.2. The molecule has 0 saturated heterocycles. The van der Waals surface area contributed by atoms with Gasteiger partial charge in [0.2, 0.25) is 0 Å². The second kappa shape index (κ2) is 4.96. The van der Waals surface area contributed by atoms with E-state index in [1.54, 1.807) is 6.07 Å². The van der Waals surface area contributed by atoms with Crippen LogP contribution in [0.2, 0.25) is 0 Å². The Morgan fingerprint density at radius 1 is 1.50 bits per heavy atom. The lowest BCUT2D eigenvalue weighted by atomic mass is 9.87. The highest BCUT2D eigenvalue weighted by Crippen LogP contribution is 2.23. The number of H-pyrrole nitrogens is 1. The number of nitrogens with one attached hydrogen (secondary N) is 2. The van der Waals surface area contributed by atoms with Crippen LogP contribution in [0.4, 0.5) is 0 Å². The molecule has 2 rings (SSSR count). The number of hydrogen-bond acceptors (Lipinski definition) is 2. The number of carbonyl (C=O) groups is 1. The van der Waals surface area contributed by atoms with Gasteiger partial charge >= 0.3 is 0 Å². The van der Waals surface area contributed by atoms with Crippen LogP contribution >= 0.6 is 0 Å². The van der Waals surface area contributed by atoms with E-state index in [4.69, 9.17) is 0 Å². The van der Waals surface area contributed by atoms with E-state index in [2.05, 4.69) is 17.2 Å². The van der Waals surface area contributed by atoms with Crippen LogP contribution in [0, 0.1) is 5.92 Å². The molecule has 1 aliphatic carbocycles. The van der Waals surface area contributed by atoms with Gasteiger partial charge in [0, 0.05) is 11.7 Å². The van der Waals surface area contributed by atoms with Crippen LogP contribution in [0.15, 0.2) is 10.9 Å². The number of amides is 1. The van der Waals surface area contributed by atoms with Crippen molar-refractivity contribution in [3.63, 3.8) is 0 Å². The van der Waals surface area contributed by atoms with E-state index in [1.807, 2.05) is 13.8 Å². The fourth-order valence-corrected chi connectivity index (χ4v) is 2.39. The Hall–Kier alpha value is -1.58. The molecule has 0 radical (unpaired) electrons. The van der Waals surface area contributed by atoms with Gasteiger partial charge in [-0.2, -0.15) is 0 Å². The number of pyridine rings is 1. The van der Waals surface area contributed by atoms with Gasteiger partial charge in [0.05, 0.1) is 0 Å². The molecule has 0 aliphatic heterocycles. The molecule has 1 atom stereocenters. The molecule has 1 aromatic heterocycles. The second-order valence-corrected chi connectivity index (χ2v) is 5.49. The van der Waals surface area contributed by atoms with Crippen LogP contribution in [0.25, 0.3) is 0 Å². The lowest BCUT2D eigenvalue weighted by molar-refractivity contribution is 0.0941. The Bertz CT molecular complexity index is 517. The van der Waals surface area contributed by atoms with Crippen molar-refractivity contribution in [2.75, 3.05) is 0 Å².